The molecule has 2 aromatic carbocycles. The number of Topliss-reactive ketones (excluding diaryl/α,β-unsaturated/α-hetero) is 1. The Kier molecular flexibility index (Phi) is 9.05. The monoisotopic (exact) mass is 401 g/mol. The van der Waals surface area contributed by atoms with E-state index in [1.54, 1.807) is 11.0 Å². The third-order valence-electron chi connectivity index (χ3n) is 4.79. The van der Waals surface area contributed by atoms with Gasteiger partial charge in [-0.05, 0) is 43.0 Å². The van der Waals surface area contributed by atoms with Crippen LogP contribution in [0.5, 0.6) is 11.5 Å². The second-order valence-corrected chi connectivity index (χ2v) is 6.93. The number of ether oxygens (including phenoxy) is 2. The molecule has 1 aliphatic rings. The van der Waals surface area contributed by atoms with Gasteiger partial charge >= 0.3 is 0 Å². The third-order valence-corrected chi connectivity index (χ3v) is 4.79. The summed E-state index contributed by atoms with van der Waals surface area (Å²) in [6, 6.07) is 17.2. The van der Waals surface area contributed by atoms with Crippen LogP contribution in [0, 0.1) is 0 Å². The van der Waals surface area contributed by atoms with Crippen molar-refractivity contribution < 1.29 is 31.6 Å². The Labute approximate surface area is 173 Å². The molecule has 0 bridgehead atoms. The predicted molar refractivity (Wildman–Crippen MR) is 107 cm³/mol. The van der Waals surface area contributed by atoms with Crippen LogP contribution in [0.3, 0.4) is 0 Å². The number of benzene rings is 2. The van der Waals surface area contributed by atoms with E-state index in [4.69, 9.17) is 9.47 Å². The normalized spacial score (nSPS) is 14.8. The summed E-state index contributed by atoms with van der Waals surface area (Å²) in [4.78, 5) is 13.7. The minimum atomic E-state index is -0.119. The van der Waals surface area contributed by atoms with Crippen molar-refractivity contribution in [1.82, 2.24) is 0 Å². The second-order valence-electron chi connectivity index (χ2n) is 6.93. The van der Waals surface area contributed by atoms with Crippen LogP contribution in [0.15, 0.2) is 60.4 Å². The van der Waals surface area contributed by atoms with E-state index < -0.39 is 0 Å². The molecule has 4 nitrogen and oxygen atoms in total. The molecule has 2 aromatic rings. The molecule has 0 radical (unpaired) electrons. The number of piperidine rings is 1. The lowest BCUT2D eigenvalue weighted by Gasteiger charge is -2.23. The molecule has 0 amide bonds. The first-order valence-electron chi connectivity index (χ1n) is 9.73. The van der Waals surface area contributed by atoms with Gasteiger partial charge in [-0.25, -0.2) is 0 Å². The van der Waals surface area contributed by atoms with Crippen LogP contribution in [0.4, 0.5) is 0 Å². The van der Waals surface area contributed by atoms with Gasteiger partial charge in [0.25, 0.3) is 0 Å². The Morgan fingerprint density at radius 1 is 0.964 bits per heavy atom. The summed E-state index contributed by atoms with van der Waals surface area (Å²) in [6.45, 7) is 5.62. The van der Waals surface area contributed by atoms with Crippen molar-refractivity contribution in [2.45, 2.75) is 26.2 Å². The minimum Gasteiger partial charge on any atom is -1.00 e. The van der Waals surface area contributed by atoms with E-state index in [-0.39, 0.29) is 18.2 Å². The van der Waals surface area contributed by atoms with E-state index in [0.29, 0.717) is 23.9 Å². The standard InChI is InChI=1S/C23H27NO3.ClH/c1-19(25)23(18-20-10-4-2-5-11-20)27-22-13-7-6-12-21(22)26-17-16-24-14-8-3-9-15-24;/h2,4-7,10-13,18H,3,8-9,14-17H2,1H3;1H/b23-18+;. The number of nitrogens with one attached hydrogen (secondary N) is 1. The van der Waals surface area contributed by atoms with Crippen molar-refractivity contribution in [1.29, 1.82) is 0 Å². The number of halogens is 1. The number of ketones is 1. The maximum Gasteiger partial charge on any atom is 0.194 e. The molecule has 5 heteroatoms. The quantitative estimate of drug-likeness (QED) is 0.505. The highest BCUT2D eigenvalue weighted by atomic mass is 35.5. The summed E-state index contributed by atoms with van der Waals surface area (Å²) in [5.74, 6) is 1.43. The fraction of sp³-hybridized carbons (Fsp3) is 0.348. The summed E-state index contributed by atoms with van der Waals surface area (Å²) >= 11 is 0. The molecule has 0 saturated carbocycles. The van der Waals surface area contributed by atoms with Gasteiger partial charge in [-0.1, -0.05) is 42.5 Å². The molecular formula is C23H28ClNO3. The Morgan fingerprint density at radius 3 is 2.29 bits per heavy atom. The van der Waals surface area contributed by atoms with Gasteiger partial charge in [0.2, 0.25) is 0 Å². The first-order chi connectivity index (χ1) is 13.2. The van der Waals surface area contributed by atoms with Crippen molar-refractivity contribution in [2.24, 2.45) is 0 Å². The van der Waals surface area contributed by atoms with Crippen molar-refractivity contribution in [3.05, 3.63) is 65.9 Å². The highest BCUT2D eigenvalue weighted by molar-refractivity contribution is 5.96. The fourth-order valence-corrected chi connectivity index (χ4v) is 3.28. The van der Waals surface area contributed by atoms with Gasteiger partial charge in [0.05, 0.1) is 13.1 Å². The summed E-state index contributed by atoms with van der Waals surface area (Å²) < 4.78 is 11.9. The number of quaternary nitrogens is 1. The Morgan fingerprint density at radius 2 is 1.61 bits per heavy atom. The van der Waals surface area contributed by atoms with E-state index in [2.05, 4.69) is 0 Å². The fourth-order valence-electron chi connectivity index (χ4n) is 3.28. The molecule has 28 heavy (non-hydrogen) atoms. The van der Waals surface area contributed by atoms with Gasteiger partial charge in [0.1, 0.15) is 13.2 Å². The summed E-state index contributed by atoms with van der Waals surface area (Å²) in [5.41, 5.74) is 0.926. The zero-order chi connectivity index (χ0) is 18.9. The van der Waals surface area contributed by atoms with Crippen LogP contribution in [0.2, 0.25) is 0 Å². The molecular weight excluding hydrogens is 374 g/mol. The van der Waals surface area contributed by atoms with E-state index in [9.17, 15) is 4.79 Å². The average molecular weight is 402 g/mol. The average Bonchev–Trinajstić information content (AvgIpc) is 2.70. The molecule has 0 unspecified atom stereocenters. The maximum absolute atomic E-state index is 12.0. The molecule has 1 fully saturated rings. The SMILES string of the molecule is CC(=O)/C(=C\c1ccccc1)Oc1ccccc1OCC[NH+]1CCCCC1.[Cl-]. The van der Waals surface area contributed by atoms with Gasteiger partial charge in [0, 0.05) is 6.92 Å². The number of likely N-dealkylation sites (tertiary alicyclic amines) is 1. The lowest BCUT2D eigenvalue weighted by molar-refractivity contribution is -0.904. The molecule has 1 aliphatic heterocycles. The van der Waals surface area contributed by atoms with Crippen molar-refractivity contribution in [2.75, 3.05) is 26.2 Å². The highest BCUT2D eigenvalue weighted by Crippen LogP contribution is 2.28. The van der Waals surface area contributed by atoms with Crippen molar-refractivity contribution in [3.8, 4) is 11.5 Å². The zero-order valence-electron chi connectivity index (χ0n) is 16.3. The number of hydrogen-bond donors (Lipinski definition) is 1. The lowest BCUT2D eigenvalue weighted by Crippen LogP contribution is -3.13. The Balaban J connectivity index is 0.00000280. The topological polar surface area (TPSA) is 40.0 Å². The summed E-state index contributed by atoms with van der Waals surface area (Å²) in [5, 5.41) is 0. The van der Waals surface area contributed by atoms with Crippen molar-refractivity contribution in [3.63, 3.8) is 0 Å². The number of rotatable bonds is 8. The predicted octanol–water partition coefficient (Wildman–Crippen LogP) is 0.147. The second kappa shape index (κ2) is 11.5. The molecule has 0 atom stereocenters. The maximum atomic E-state index is 12.0. The molecule has 0 spiro atoms. The number of hydrogen-bond acceptors (Lipinski definition) is 3. The van der Waals surface area contributed by atoms with E-state index in [1.165, 1.54) is 39.3 Å². The number of carbonyl (C=O) groups excluding carboxylic acids is 1. The van der Waals surface area contributed by atoms with Crippen LogP contribution >= 0.6 is 0 Å². The van der Waals surface area contributed by atoms with Crippen LogP contribution in [-0.2, 0) is 4.79 Å². The van der Waals surface area contributed by atoms with Gasteiger partial charge in [0.15, 0.2) is 23.0 Å². The first-order valence-corrected chi connectivity index (χ1v) is 9.73. The largest absolute Gasteiger partial charge is 1.00 e. The van der Waals surface area contributed by atoms with Crippen LogP contribution in [-0.4, -0.2) is 32.0 Å². The van der Waals surface area contributed by atoms with Crippen LogP contribution in [0.25, 0.3) is 6.08 Å². The molecule has 1 saturated heterocycles. The van der Waals surface area contributed by atoms with Gasteiger partial charge < -0.3 is 26.8 Å². The lowest BCUT2D eigenvalue weighted by atomic mass is 10.1. The van der Waals surface area contributed by atoms with E-state index >= 15 is 0 Å². The van der Waals surface area contributed by atoms with E-state index in [0.717, 1.165) is 12.1 Å². The zero-order valence-corrected chi connectivity index (χ0v) is 17.1. The van der Waals surface area contributed by atoms with Gasteiger partial charge in [-0.15, -0.1) is 0 Å². The number of para-hydroxylation sites is 2. The third kappa shape index (κ3) is 6.70. The number of carbonyl (C=O) groups is 1. The number of allylic oxidation sites excluding steroid dienone is 1. The molecule has 1 heterocycles. The van der Waals surface area contributed by atoms with Gasteiger partial charge in [-0.3, -0.25) is 4.79 Å². The summed E-state index contributed by atoms with van der Waals surface area (Å²) in [7, 11) is 0. The Bertz CT molecular complexity index is 770. The smallest absolute Gasteiger partial charge is 0.194 e. The molecule has 150 valence electrons. The van der Waals surface area contributed by atoms with Crippen LogP contribution < -0.4 is 26.8 Å². The van der Waals surface area contributed by atoms with E-state index in [1.807, 2.05) is 54.6 Å². The Hall–Kier alpha value is -2.30. The van der Waals surface area contributed by atoms with Gasteiger partial charge in [-0.2, -0.15) is 0 Å². The highest BCUT2D eigenvalue weighted by Gasteiger charge is 2.15. The molecule has 3 rings (SSSR count). The molecule has 0 aromatic heterocycles. The first kappa shape index (κ1) is 22.0. The minimum absolute atomic E-state index is 0. The summed E-state index contributed by atoms with van der Waals surface area (Å²) in [6.07, 6.45) is 5.72. The molecule has 0 aliphatic carbocycles. The van der Waals surface area contributed by atoms with Crippen LogP contribution in [0.1, 0.15) is 31.7 Å². The van der Waals surface area contributed by atoms with Crippen molar-refractivity contribution >= 4 is 11.9 Å². The molecule has 1 N–H and O–H groups in total.